The van der Waals surface area contributed by atoms with E-state index >= 15 is 0 Å². The molecule has 1 heterocycles. The van der Waals surface area contributed by atoms with Gasteiger partial charge in [0, 0.05) is 0 Å². The number of benzene rings is 1. The second-order valence-electron chi connectivity index (χ2n) is 11.4. The van der Waals surface area contributed by atoms with Crippen molar-refractivity contribution in [3.8, 4) is 0 Å². The van der Waals surface area contributed by atoms with Crippen molar-refractivity contribution in [3.63, 3.8) is 0 Å². The van der Waals surface area contributed by atoms with Gasteiger partial charge < -0.3 is 11.1 Å². The normalized spacial score (nSPS) is 21.3. The second kappa shape index (κ2) is 9.78. The van der Waals surface area contributed by atoms with Crippen molar-refractivity contribution in [2.45, 2.75) is 85.2 Å². The van der Waals surface area contributed by atoms with Crippen LogP contribution in [0.1, 0.15) is 89.7 Å². The van der Waals surface area contributed by atoms with Crippen molar-refractivity contribution in [1.82, 2.24) is 25.5 Å². The molecule has 3 atom stereocenters. The van der Waals surface area contributed by atoms with Crippen molar-refractivity contribution >= 4 is 0 Å². The lowest BCUT2D eigenvalue weighted by atomic mass is 9.81. The highest BCUT2D eigenvalue weighted by Crippen LogP contribution is 2.34. The van der Waals surface area contributed by atoms with Crippen molar-refractivity contribution < 1.29 is 0 Å². The molecule has 3 rings (SSSR count). The van der Waals surface area contributed by atoms with Crippen LogP contribution in [0.5, 0.6) is 0 Å². The van der Waals surface area contributed by atoms with Crippen LogP contribution in [0.2, 0.25) is 0 Å². The molecule has 3 N–H and O–H groups in total. The summed E-state index contributed by atoms with van der Waals surface area (Å²) < 4.78 is 2.04. The van der Waals surface area contributed by atoms with E-state index in [1.165, 1.54) is 36.8 Å². The van der Waals surface area contributed by atoms with Gasteiger partial charge in [-0.25, -0.2) is 4.68 Å². The van der Waals surface area contributed by atoms with E-state index in [9.17, 15) is 0 Å². The maximum Gasteiger partial charge on any atom is 0.173 e. The number of nitrogens with one attached hydrogen (secondary N) is 1. The Hall–Kier alpha value is -1.79. The fourth-order valence-electron chi connectivity index (χ4n) is 5.47. The van der Waals surface area contributed by atoms with E-state index in [1.807, 2.05) is 4.68 Å². The average Bonchev–Trinajstić information content (AvgIpc) is 3.17. The zero-order valence-corrected chi connectivity index (χ0v) is 20.4. The van der Waals surface area contributed by atoms with Gasteiger partial charge in [0.2, 0.25) is 0 Å². The third-order valence-electron chi connectivity index (χ3n) is 6.50. The fourth-order valence-corrected chi connectivity index (χ4v) is 5.47. The van der Waals surface area contributed by atoms with Crippen molar-refractivity contribution in [2.75, 3.05) is 13.1 Å². The molecule has 0 spiro atoms. The summed E-state index contributed by atoms with van der Waals surface area (Å²) in [5, 5.41) is 17.0. The molecule has 0 aliphatic heterocycles. The molecule has 1 aromatic heterocycles. The maximum atomic E-state index is 5.97. The van der Waals surface area contributed by atoms with Crippen LogP contribution in [0.3, 0.4) is 0 Å². The molecule has 3 unspecified atom stereocenters. The van der Waals surface area contributed by atoms with E-state index in [1.54, 1.807) is 0 Å². The average molecular weight is 427 g/mol. The third kappa shape index (κ3) is 6.36. The summed E-state index contributed by atoms with van der Waals surface area (Å²) in [4.78, 5) is 0. The smallest absolute Gasteiger partial charge is 0.173 e. The minimum Gasteiger partial charge on any atom is -0.330 e. The Kier molecular flexibility index (Phi) is 7.53. The van der Waals surface area contributed by atoms with Crippen LogP contribution in [0.4, 0.5) is 0 Å². The molecule has 1 saturated carbocycles. The Balaban J connectivity index is 1.89. The van der Waals surface area contributed by atoms with Crippen molar-refractivity contribution in [2.24, 2.45) is 23.0 Å². The zero-order chi connectivity index (χ0) is 22.6. The molecule has 1 aliphatic rings. The van der Waals surface area contributed by atoms with E-state index < -0.39 is 0 Å². The van der Waals surface area contributed by atoms with E-state index in [-0.39, 0.29) is 17.0 Å². The lowest BCUT2D eigenvalue weighted by Gasteiger charge is -2.34. The Morgan fingerprint density at radius 3 is 2.58 bits per heavy atom. The highest BCUT2D eigenvalue weighted by Gasteiger charge is 2.34. The molecule has 1 fully saturated rings. The largest absolute Gasteiger partial charge is 0.330 e. The molecule has 0 bridgehead atoms. The van der Waals surface area contributed by atoms with Gasteiger partial charge in [0.1, 0.15) is 0 Å². The SMILES string of the molecule is Cc1cccc(C(NCC2CCCC(CN)C2)c2nnnn2C(C)(C)CC(C)(C)C)c1. The monoisotopic (exact) mass is 426 g/mol. The molecule has 6 heteroatoms. The highest BCUT2D eigenvalue weighted by molar-refractivity contribution is 5.29. The number of hydrogen-bond donors (Lipinski definition) is 2. The summed E-state index contributed by atoms with van der Waals surface area (Å²) in [7, 11) is 0. The van der Waals surface area contributed by atoms with Gasteiger partial charge in [0.05, 0.1) is 11.6 Å². The number of tetrazole rings is 1. The Bertz CT molecular complexity index is 835. The van der Waals surface area contributed by atoms with Crippen LogP contribution in [0.25, 0.3) is 0 Å². The summed E-state index contributed by atoms with van der Waals surface area (Å²) >= 11 is 0. The van der Waals surface area contributed by atoms with Gasteiger partial charge in [-0.1, -0.05) is 57.0 Å². The standard InChI is InChI=1S/C25H42N6/c1-18-9-7-12-21(13-18)22(27-16-20-11-8-10-19(14-20)15-26)23-28-29-30-31(23)25(5,6)17-24(2,3)4/h7,9,12-13,19-20,22,27H,8,10-11,14-17,26H2,1-6H3. The Labute approximate surface area is 188 Å². The molecule has 0 amide bonds. The van der Waals surface area contributed by atoms with Crippen LogP contribution >= 0.6 is 0 Å². The molecule has 2 aromatic rings. The van der Waals surface area contributed by atoms with Gasteiger partial charge in [-0.15, -0.1) is 5.10 Å². The number of nitrogens with two attached hydrogens (primary N) is 1. The lowest BCUT2D eigenvalue weighted by Crippen LogP contribution is -2.38. The Morgan fingerprint density at radius 2 is 1.90 bits per heavy atom. The van der Waals surface area contributed by atoms with Crippen LogP contribution < -0.4 is 11.1 Å². The molecule has 31 heavy (non-hydrogen) atoms. The van der Waals surface area contributed by atoms with Crippen molar-refractivity contribution in [1.29, 1.82) is 0 Å². The van der Waals surface area contributed by atoms with E-state index in [0.717, 1.165) is 25.3 Å². The predicted octanol–water partition coefficient (Wildman–Crippen LogP) is 4.60. The number of aromatic nitrogens is 4. The minimum absolute atomic E-state index is 0.0348. The zero-order valence-electron chi connectivity index (χ0n) is 20.4. The van der Waals surface area contributed by atoms with Gasteiger partial charge in [0.25, 0.3) is 0 Å². The van der Waals surface area contributed by atoms with Crippen LogP contribution in [0, 0.1) is 24.2 Å². The van der Waals surface area contributed by atoms with E-state index in [0.29, 0.717) is 11.8 Å². The number of hydrogen-bond acceptors (Lipinski definition) is 5. The first kappa shape index (κ1) is 23.9. The van der Waals surface area contributed by atoms with Crippen molar-refractivity contribution in [3.05, 3.63) is 41.2 Å². The Morgan fingerprint density at radius 1 is 1.16 bits per heavy atom. The summed E-state index contributed by atoms with van der Waals surface area (Å²) in [6.07, 6.45) is 6.02. The molecule has 0 saturated heterocycles. The first-order valence-corrected chi connectivity index (χ1v) is 11.9. The highest BCUT2D eigenvalue weighted by atomic mass is 15.6. The first-order chi connectivity index (χ1) is 14.6. The fraction of sp³-hybridized carbons (Fsp3) is 0.720. The van der Waals surface area contributed by atoms with Gasteiger partial charge >= 0.3 is 0 Å². The molecule has 1 aliphatic carbocycles. The lowest BCUT2D eigenvalue weighted by molar-refractivity contribution is 0.187. The topological polar surface area (TPSA) is 81.7 Å². The number of nitrogens with zero attached hydrogens (tertiary/aromatic N) is 4. The van der Waals surface area contributed by atoms with Crippen LogP contribution in [-0.4, -0.2) is 33.3 Å². The molecular formula is C25H42N6. The molecule has 6 nitrogen and oxygen atoms in total. The molecule has 172 valence electrons. The quantitative estimate of drug-likeness (QED) is 0.645. The van der Waals surface area contributed by atoms with E-state index in [4.69, 9.17) is 5.73 Å². The van der Waals surface area contributed by atoms with Crippen LogP contribution in [-0.2, 0) is 5.54 Å². The molecule has 0 radical (unpaired) electrons. The third-order valence-corrected chi connectivity index (χ3v) is 6.50. The summed E-state index contributed by atoms with van der Waals surface area (Å²) in [6, 6.07) is 8.66. The first-order valence-electron chi connectivity index (χ1n) is 11.9. The number of rotatable bonds is 8. The van der Waals surface area contributed by atoms with Gasteiger partial charge in [-0.2, -0.15) is 0 Å². The molecular weight excluding hydrogens is 384 g/mol. The summed E-state index contributed by atoms with van der Waals surface area (Å²) in [5.41, 5.74) is 8.43. The predicted molar refractivity (Wildman–Crippen MR) is 127 cm³/mol. The second-order valence-corrected chi connectivity index (χ2v) is 11.4. The van der Waals surface area contributed by atoms with E-state index in [2.05, 4.69) is 86.7 Å². The van der Waals surface area contributed by atoms with Gasteiger partial charge in [-0.3, -0.25) is 0 Å². The maximum absolute atomic E-state index is 5.97. The minimum atomic E-state index is -0.184. The molecule has 1 aromatic carbocycles. The summed E-state index contributed by atoms with van der Waals surface area (Å²) in [6.45, 7) is 15.2. The van der Waals surface area contributed by atoms with Crippen LogP contribution in [0.15, 0.2) is 24.3 Å². The van der Waals surface area contributed by atoms with Gasteiger partial charge in [-0.05, 0) is 92.8 Å². The summed E-state index contributed by atoms with van der Waals surface area (Å²) in [5.74, 6) is 2.21. The number of aryl methyl sites for hydroxylation is 1. The van der Waals surface area contributed by atoms with Gasteiger partial charge in [0.15, 0.2) is 5.82 Å².